The zero-order valence-corrected chi connectivity index (χ0v) is 18.3. The van der Waals surface area contributed by atoms with E-state index in [0.717, 1.165) is 17.0 Å². The predicted octanol–water partition coefficient (Wildman–Crippen LogP) is 2.74. The molecule has 7 heteroatoms. The van der Waals surface area contributed by atoms with Crippen molar-refractivity contribution in [1.82, 2.24) is 24.9 Å². The highest BCUT2D eigenvalue weighted by molar-refractivity contribution is 5.92. The van der Waals surface area contributed by atoms with E-state index < -0.39 is 0 Å². The molecule has 0 aliphatic carbocycles. The molecule has 3 amide bonds. The van der Waals surface area contributed by atoms with Gasteiger partial charge in [-0.15, -0.1) is 0 Å². The quantitative estimate of drug-likeness (QED) is 0.772. The van der Waals surface area contributed by atoms with Crippen LogP contribution in [-0.2, 0) is 11.3 Å². The lowest BCUT2D eigenvalue weighted by atomic mass is 10.1. The van der Waals surface area contributed by atoms with Crippen LogP contribution >= 0.6 is 0 Å². The van der Waals surface area contributed by atoms with Gasteiger partial charge in [-0.1, -0.05) is 29.8 Å². The van der Waals surface area contributed by atoms with Crippen molar-refractivity contribution in [3.05, 3.63) is 58.4 Å². The van der Waals surface area contributed by atoms with Gasteiger partial charge in [0.25, 0.3) is 0 Å². The molecule has 1 aliphatic heterocycles. The lowest BCUT2D eigenvalue weighted by Crippen LogP contribution is -2.52. The number of rotatable bonds is 5. The molecule has 1 fully saturated rings. The molecule has 30 heavy (non-hydrogen) atoms. The molecule has 0 radical (unpaired) electrons. The van der Waals surface area contributed by atoms with Gasteiger partial charge < -0.3 is 15.1 Å². The number of amides is 3. The van der Waals surface area contributed by atoms with Crippen LogP contribution in [0.3, 0.4) is 0 Å². The Labute approximate surface area is 178 Å². The van der Waals surface area contributed by atoms with E-state index in [-0.39, 0.29) is 11.9 Å². The lowest BCUT2D eigenvalue weighted by molar-refractivity contribution is -0.127. The van der Waals surface area contributed by atoms with Gasteiger partial charge in [0.15, 0.2) is 0 Å². The van der Waals surface area contributed by atoms with Crippen molar-refractivity contribution < 1.29 is 9.59 Å². The maximum Gasteiger partial charge on any atom is 0.317 e. The minimum atomic E-state index is -0.0626. The Morgan fingerprint density at radius 3 is 2.30 bits per heavy atom. The summed E-state index contributed by atoms with van der Waals surface area (Å²) in [4.78, 5) is 28.1. The molecular formula is C23H31N5O2. The number of carbonyl (C=O) groups excluding carboxylic acids is 2. The first-order valence-electron chi connectivity index (χ1n) is 10.5. The van der Waals surface area contributed by atoms with Crippen LogP contribution in [0.25, 0.3) is 6.08 Å². The van der Waals surface area contributed by atoms with E-state index in [1.165, 1.54) is 11.1 Å². The molecule has 160 valence electrons. The summed E-state index contributed by atoms with van der Waals surface area (Å²) >= 11 is 0. The summed E-state index contributed by atoms with van der Waals surface area (Å²) in [5, 5.41) is 7.46. The minimum Gasteiger partial charge on any atom is -0.338 e. The molecule has 1 saturated heterocycles. The summed E-state index contributed by atoms with van der Waals surface area (Å²) in [6, 6.07) is 8.38. The van der Waals surface area contributed by atoms with E-state index in [2.05, 4.69) is 41.6 Å². The molecule has 1 N–H and O–H groups in total. The third-order valence-corrected chi connectivity index (χ3v) is 5.49. The second kappa shape index (κ2) is 9.61. The number of nitrogens with one attached hydrogen (secondary N) is 1. The highest BCUT2D eigenvalue weighted by atomic mass is 16.2. The number of benzene rings is 1. The van der Waals surface area contributed by atoms with Crippen molar-refractivity contribution >= 4 is 18.0 Å². The Morgan fingerprint density at radius 2 is 1.67 bits per heavy atom. The van der Waals surface area contributed by atoms with Crippen molar-refractivity contribution in [1.29, 1.82) is 0 Å². The van der Waals surface area contributed by atoms with Crippen LogP contribution < -0.4 is 5.32 Å². The third kappa shape index (κ3) is 5.09. The van der Waals surface area contributed by atoms with Gasteiger partial charge in [-0.05, 0) is 39.3 Å². The SMILES string of the molecule is CCNC(=O)N1CCN(C(=O)/C=C/c2c(C)nn(Cc3ccc(C)cc3)c2C)CC1. The van der Waals surface area contributed by atoms with E-state index in [9.17, 15) is 9.59 Å². The van der Waals surface area contributed by atoms with Crippen LogP contribution in [0.4, 0.5) is 4.79 Å². The molecule has 1 aromatic heterocycles. The fraction of sp³-hybridized carbons (Fsp3) is 0.435. The first-order chi connectivity index (χ1) is 14.4. The van der Waals surface area contributed by atoms with Crippen LogP contribution in [0.2, 0.25) is 0 Å². The van der Waals surface area contributed by atoms with E-state index in [1.54, 1.807) is 15.9 Å². The molecule has 2 aromatic rings. The monoisotopic (exact) mass is 409 g/mol. The molecule has 1 aromatic carbocycles. The van der Waals surface area contributed by atoms with Crippen molar-refractivity contribution in [2.24, 2.45) is 0 Å². The third-order valence-electron chi connectivity index (χ3n) is 5.49. The number of nitrogens with zero attached hydrogens (tertiary/aromatic N) is 4. The molecule has 3 rings (SSSR count). The fourth-order valence-electron chi connectivity index (χ4n) is 3.63. The number of hydrogen-bond acceptors (Lipinski definition) is 3. The second-order valence-corrected chi connectivity index (χ2v) is 7.71. The van der Waals surface area contributed by atoms with Crippen LogP contribution in [0.5, 0.6) is 0 Å². The smallest absolute Gasteiger partial charge is 0.317 e. The van der Waals surface area contributed by atoms with Crippen molar-refractivity contribution in [2.75, 3.05) is 32.7 Å². The van der Waals surface area contributed by atoms with E-state index in [0.29, 0.717) is 39.3 Å². The first kappa shape index (κ1) is 21.6. The van der Waals surface area contributed by atoms with E-state index in [1.807, 2.05) is 31.5 Å². The Bertz CT molecular complexity index is 922. The average Bonchev–Trinajstić information content (AvgIpc) is 3.00. The largest absolute Gasteiger partial charge is 0.338 e. The highest BCUT2D eigenvalue weighted by Gasteiger charge is 2.22. The molecule has 0 saturated carbocycles. The molecular weight excluding hydrogens is 378 g/mol. The fourth-order valence-corrected chi connectivity index (χ4v) is 3.63. The van der Waals surface area contributed by atoms with Crippen LogP contribution in [0.15, 0.2) is 30.3 Å². The first-order valence-corrected chi connectivity index (χ1v) is 10.5. The summed E-state index contributed by atoms with van der Waals surface area (Å²) in [6.07, 6.45) is 3.48. The molecule has 1 aliphatic rings. The number of urea groups is 1. The number of piperazine rings is 1. The highest BCUT2D eigenvalue weighted by Crippen LogP contribution is 2.17. The minimum absolute atomic E-state index is 0.0318. The second-order valence-electron chi connectivity index (χ2n) is 7.71. The van der Waals surface area contributed by atoms with Gasteiger partial charge in [0.2, 0.25) is 5.91 Å². The summed E-state index contributed by atoms with van der Waals surface area (Å²) in [5.41, 5.74) is 5.36. The summed E-state index contributed by atoms with van der Waals surface area (Å²) in [5.74, 6) is -0.0318. The number of hydrogen-bond donors (Lipinski definition) is 1. The number of carbonyl (C=O) groups is 2. The summed E-state index contributed by atoms with van der Waals surface area (Å²) < 4.78 is 1.98. The summed E-state index contributed by atoms with van der Waals surface area (Å²) in [7, 11) is 0. The van der Waals surface area contributed by atoms with E-state index >= 15 is 0 Å². The topological polar surface area (TPSA) is 70.5 Å². The molecule has 7 nitrogen and oxygen atoms in total. The van der Waals surface area contributed by atoms with Gasteiger partial charge in [0, 0.05) is 50.1 Å². The molecule has 2 heterocycles. The van der Waals surface area contributed by atoms with Crippen LogP contribution in [-0.4, -0.2) is 64.2 Å². The Hall–Kier alpha value is -3.09. The lowest BCUT2D eigenvalue weighted by Gasteiger charge is -2.34. The maximum absolute atomic E-state index is 12.6. The molecule has 0 spiro atoms. The van der Waals surface area contributed by atoms with Crippen LogP contribution in [0.1, 0.15) is 35.0 Å². The van der Waals surface area contributed by atoms with E-state index in [4.69, 9.17) is 0 Å². The zero-order chi connectivity index (χ0) is 21.7. The van der Waals surface area contributed by atoms with Gasteiger partial charge in [0.1, 0.15) is 0 Å². The van der Waals surface area contributed by atoms with Crippen molar-refractivity contribution in [3.63, 3.8) is 0 Å². The molecule has 0 unspecified atom stereocenters. The molecule has 0 bridgehead atoms. The zero-order valence-electron chi connectivity index (χ0n) is 18.3. The summed E-state index contributed by atoms with van der Waals surface area (Å²) in [6.45, 7) is 11.5. The predicted molar refractivity (Wildman–Crippen MR) is 118 cm³/mol. The number of aromatic nitrogens is 2. The van der Waals surface area contributed by atoms with Gasteiger partial charge in [-0.25, -0.2) is 4.79 Å². The Kier molecular flexibility index (Phi) is 6.92. The van der Waals surface area contributed by atoms with Crippen molar-refractivity contribution in [3.8, 4) is 0 Å². The maximum atomic E-state index is 12.6. The van der Waals surface area contributed by atoms with Gasteiger partial charge in [0.05, 0.1) is 12.2 Å². The van der Waals surface area contributed by atoms with Gasteiger partial charge in [-0.3, -0.25) is 9.48 Å². The average molecular weight is 410 g/mol. The van der Waals surface area contributed by atoms with Crippen molar-refractivity contribution in [2.45, 2.75) is 34.2 Å². The Morgan fingerprint density at radius 1 is 1.03 bits per heavy atom. The Balaban J connectivity index is 1.62. The number of aryl methyl sites for hydroxylation is 2. The van der Waals surface area contributed by atoms with Crippen LogP contribution in [0, 0.1) is 20.8 Å². The normalized spacial score (nSPS) is 14.4. The molecule has 0 atom stereocenters. The van der Waals surface area contributed by atoms with Gasteiger partial charge >= 0.3 is 6.03 Å². The standard InChI is InChI=1S/C23H31N5O2/c1-5-24-23(30)27-14-12-26(13-15-27)22(29)11-10-21-18(3)25-28(19(21)4)16-20-8-6-17(2)7-9-20/h6-11H,5,12-16H2,1-4H3,(H,24,30)/b11-10+. The van der Waals surface area contributed by atoms with Gasteiger partial charge in [-0.2, -0.15) is 5.10 Å².